The molecule has 0 aliphatic heterocycles. The van der Waals surface area contributed by atoms with Gasteiger partial charge in [-0.1, -0.05) is 73.5 Å². The molecule has 0 bridgehead atoms. The van der Waals surface area contributed by atoms with Crippen molar-refractivity contribution in [3.63, 3.8) is 0 Å². The Morgan fingerprint density at radius 3 is 1.78 bits per heavy atom. The number of aliphatic carboxylic acids is 1. The number of carboxylic acid groups (broad SMARTS) is 1. The maximum Gasteiger partial charge on any atom is 0.303 e. The van der Waals surface area contributed by atoms with Crippen LogP contribution in [-0.4, -0.2) is 22.5 Å². The van der Waals surface area contributed by atoms with E-state index in [9.17, 15) is 4.79 Å². The second-order valence-electron chi connectivity index (χ2n) is 7.96. The number of carboxylic acids is 1. The van der Waals surface area contributed by atoms with Crippen LogP contribution in [0.25, 0.3) is 0 Å². The summed E-state index contributed by atoms with van der Waals surface area (Å²) < 4.78 is 0. The summed E-state index contributed by atoms with van der Waals surface area (Å²) in [6.45, 7) is 3.08. The maximum atomic E-state index is 10.8. The van der Waals surface area contributed by atoms with Gasteiger partial charge in [0.05, 0.1) is 0 Å². The van der Waals surface area contributed by atoms with E-state index in [1.807, 2.05) is 0 Å². The fraction of sp³-hybridized carbons (Fsp3) is 0.458. The molecule has 0 amide bonds. The highest BCUT2D eigenvalue weighted by Crippen LogP contribution is 2.32. The topological polar surface area (TPSA) is 40.5 Å². The Morgan fingerprint density at radius 2 is 1.30 bits per heavy atom. The average Bonchev–Trinajstić information content (AvgIpc) is 2.69. The van der Waals surface area contributed by atoms with Gasteiger partial charge >= 0.3 is 5.97 Å². The van der Waals surface area contributed by atoms with Gasteiger partial charge in [0.1, 0.15) is 0 Å². The second-order valence-corrected chi connectivity index (χ2v) is 7.96. The summed E-state index contributed by atoms with van der Waals surface area (Å²) in [6, 6.07) is 21.4. The molecule has 2 aromatic carbocycles. The van der Waals surface area contributed by atoms with Gasteiger partial charge in [-0.05, 0) is 42.2 Å². The number of carbonyl (C=O) groups is 1. The van der Waals surface area contributed by atoms with Crippen LogP contribution in [0.1, 0.15) is 49.7 Å². The van der Waals surface area contributed by atoms with Crippen molar-refractivity contribution < 1.29 is 9.90 Å². The smallest absolute Gasteiger partial charge is 0.303 e. The van der Waals surface area contributed by atoms with E-state index in [4.69, 9.17) is 5.11 Å². The average molecular weight is 366 g/mol. The van der Waals surface area contributed by atoms with Crippen molar-refractivity contribution >= 4 is 5.97 Å². The molecule has 0 spiro atoms. The van der Waals surface area contributed by atoms with Gasteiger partial charge < -0.3 is 5.11 Å². The quantitative estimate of drug-likeness (QED) is 0.650. The highest BCUT2D eigenvalue weighted by molar-refractivity contribution is 5.66. The minimum Gasteiger partial charge on any atom is -0.481 e. The van der Waals surface area contributed by atoms with E-state index in [2.05, 4.69) is 65.6 Å². The minimum absolute atomic E-state index is 0.323. The van der Waals surface area contributed by atoms with Crippen molar-refractivity contribution in [1.82, 2.24) is 4.90 Å². The summed E-state index contributed by atoms with van der Waals surface area (Å²) >= 11 is 0. The van der Waals surface area contributed by atoms with Crippen LogP contribution in [0.2, 0.25) is 0 Å². The normalized spacial score (nSPS) is 19.9. The molecule has 1 fully saturated rings. The van der Waals surface area contributed by atoms with E-state index in [0.29, 0.717) is 12.3 Å². The monoisotopic (exact) mass is 365 g/mol. The molecule has 1 aliphatic carbocycles. The fourth-order valence-electron chi connectivity index (χ4n) is 4.26. The number of benzene rings is 2. The molecule has 0 radical (unpaired) electrons. The first kappa shape index (κ1) is 19.6. The molecule has 0 atom stereocenters. The van der Waals surface area contributed by atoms with Gasteiger partial charge in [-0.15, -0.1) is 0 Å². The molecule has 1 N–H and O–H groups in total. The van der Waals surface area contributed by atoms with E-state index in [0.717, 1.165) is 32.0 Å². The lowest BCUT2D eigenvalue weighted by molar-refractivity contribution is -0.137. The summed E-state index contributed by atoms with van der Waals surface area (Å²) in [4.78, 5) is 13.4. The highest BCUT2D eigenvalue weighted by Gasteiger charge is 2.23. The van der Waals surface area contributed by atoms with Crippen molar-refractivity contribution in [2.75, 3.05) is 6.54 Å². The molecule has 1 saturated carbocycles. The highest BCUT2D eigenvalue weighted by atomic mass is 16.4. The first-order chi connectivity index (χ1) is 13.2. The fourth-order valence-corrected chi connectivity index (χ4v) is 4.26. The zero-order valence-electron chi connectivity index (χ0n) is 16.1. The van der Waals surface area contributed by atoms with Crippen LogP contribution in [0.15, 0.2) is 60.7 Å². The number of hydrogen-bond donors (Lipinski definition) is 1. The van der Waals surface area contributed by atoms with Crippen LogP contribution >= 0.6 is 0 Å². The molecule has 0 saturated heterocycles. The van der Waals surface area contributed by atoms with Gasteiger partial charge in [0.25, 0.3) is 0 Å². The summed E-state index contributed by atoms with van der Waals surface area (Å²) in [5.74, 6) is 0.668. The first-order valence-corrected chi connectivity index (χ1v) is 10.2. The van der Waals surface area contributed by atoms with Crippen molar-refractivity contribution in [3.8, 4) is 0 Å². The summed E-state index contributed by atoms with van der Waals surface area (Å²) in [5.41, 5.74) is 2.73. The van der Waals surface area contributed by atoms with Gasteiger partial charge in [-0.3, -0.25) is 9.69 Å². The third-order valence-electron chi connectivity index (χ3n) is 5.75. The SMILES string of the molecule is O=C(O)CCC1CCC(CN(Cc2ccccc2)Cc2ccccc2)CC1. The van der Waals surface area contributed by atoms with Gasteiger partial charge in [-0.25, -0.2) is 0 Å². The van der Waals surface area contributed by atoms with Crippen molar-refractivity contribution in [1.29, 1.82) is 0 Å². The maximum absolute atomic E-state index is 10.8. The molecule has 2 aromatic rings. The van der Waals surface area contributed by atoms with Crippen molar-refractivity contribution in [2.24, 2.45) is 11.8 Å². The molecular weight excluding hydrogens is 334 g/mol. The predicted octanol–water partition coefficient (Wildman–Crippen LogP) is 5.36. The van der Waals surface area contributed by atoms with Gasteiger partial charge in [0.15, 0.2) is 0 Å². The molecule has 3 nitrogen and oxygen atoms in total. The van der Waals surface area contributed by atoms with E-state index < -0.39 is 5.97 Å². The predicted molar refractivity (Wildman–Crippen MR) is 109 cm³/mol. The molecular formula is C24H31NO2. The summed E-state index contributed by atoms with van der Waals surface area (Å²) in [5, 5.41) is 8.89. The van der Waals surface area contributed by atoms with Crippen LogP contribution in [0.3, 0.4) is 0 Å². The number of hydrogen-bond acceptors (Lipinski definition) is 2. The van der Waals surface area contributed by atoms with Gasteiger partial charge in [0, 0.05) is 26.1 Å². The Hall–Kier alpha value is -2.13. The lowest BCUT2D eigenvalue weighted by Crippen LogP contribution is -2.31. The molecule has 3 heteroatoms. The van der Waals surface area contributed by atoms with Crippen LogP contribution in [-0.2, 0) is 17.9 Å². The lowest BCUT2D eigenvalue weighted by Gasteiger charge is -2.33. The van der Waals surface area contributed by atoms with Crippen molar-refractivity contribution in [2.45, 2.75) is 51.6 Å². The Labute approximate surface area is 163 Å². The Balaban J connectivity index is 1.56. The van der Waals surface area contributed by atoms with E-state index in [1.54, 1.807) is 0 Å². The molecule has 1 aliphatic rings. The number of nitrogens with zero attached hydrogens (tertiary/aromatic N) is 1. The van der Waals surface area contributed by atoms with Gasteiger partial charge in [-0.2, -0.15) is 0 Å². The Bertz CT molecular complexity index is 637. The van der Waals surface area contributed by atoms with E-state index >= 15 is 0 Å². The molecule has 3 rings (SSSR count). The van der Waals surface area contributed by atoms with Crippen LogP contribution < -0.4 is 0 Å². The summed E-state index contributed by atoms with van der Waals surface area (Å²) in [7, 11) is 0. The number of rotatable bonds is 9. The van der Waals surface area contributed by atoms with Gasteiger partial charge in [0.2, 0.25) is 0 Å². The molecule has 0 aromatic heterocycles. The zero-order chi connectivity index (χ0) is 18.9. The third kappa shape index (κ3) is 6.84. The molecule has 0 unspecified atom stereocenters. The Kier molecular flexibility index (Phi) is 7.46. The first-order valence-electron chi connectivity index (χ1n) is 10.2. The Morgan fingerprint density at radius 1 is 0.815 bits per heavy atom. The molecule has 0 heterocycles. The van der Waals surface area contributed by atoms with Crippen LogP contribution in [0, 0.1) is 11.8 Å². The van der Waals surface area contributed by atoms with E-state index in [1.165, 1.54) is 36.8 Å². The summed E-state index contributed by atoms with van der Waals surface area (Å²) in [6.07, 6.45) is 5.99. The third-order valence-corrected chi connectivity index (χ3v) is 5.75. The van der Waals surface area contributed by atoms with E-state index in [-0.39, 0.29) is 0 Å². The van der Waals surface area contributed by atoms with Crippen molar-refractivity contribution in [3.05, 3.63) is 71.8 Å². The molecule has 27 heavy (non-hydrogen) atoms. The lowest BCUT2D eigenvalue weighted by atomic mass is 9.79. The standard InChI is InChI=1S/C24H31NO2/c26-24(27)16-15-20-11-13-23(14-12-20)19-25(17-21-7-3-1-4-8-21)18-22-9-5-2-6-10-22/h1-10,20,23H,11-19H2,(H,26,27). The van der Waals surface area contributed by atoms with Crippen LogP contribution in [0.5, 0.6) is 0 Å². The largest absolute Gasteiger partial charge is 0.481 e. The minimum atomic E-state index is -0.658. The zero-order valence-corrected chi connectivity index (χ0v) is 16.1. The molecule has 144 valence electrons. The second kappa shape index (κ2) is 10.3. The van der Waals surface area contributed by atoms with Crippen LogP contribution in [0.4, 0.5) is 0 Å².